The summed E-state index contributed by atoms with van der Waals surface area (Å²) < 4.78 is 32.3. The van der Waals surface area contributed by atoms with Crippen LogP contribution < -0.4 is 5.32 Å². The van der Waals surface area contributed by atoms with Crippen LogP contribution in [0, 0.1) is 0 Å². The molecule has 1 aliphatic rings. The minimum absolute atomic E-state index is 0.0200. The number of benzene rings is 1. The van der Waals surface area contributed by atoms with Gasteiger partial charge in [-0.1, -0.05) is 6.92 Å². The van der Waals surface area contributed by atoms with E-state index in [9.17, 15) is 13.2 Å². The van der Waals surface area contributed by atoms with Gasteiger partial charge in [-0.25, -0.2) is 8.42 Å². The molecule has 0 aliphatic carbocycles. The molecule has 1 amide bonds. The number of carbonyl (C=O) groups excluding carboxylic acids is 1. The Morgan fingerprint density at radius 2 is 2.05 bits per heavy atom. The number of hydrogen-bond acceptors (Lipinski definition) is 4. The number of carbonyl (C=O) groups is 1. The van der Waals surface area contributed by atoms with E-state index in [0.29, 0.717) is 25.4 Å². The standard InChI is InChI=1S/C15H22N2O4S/c1-3-17(11-14-5-4-10-21-14)22(19,20)15-8-6-13(7-9-15)16-12(2)18/h6-9,14H,3-5,10-11H2,1-2H3,(H,16,18)/t14-/m1/s1. The molecule has 1 heterocycles. The lowest BCUT2D eigenvalue weighted by atomic mass is 10.2. The van der Waals surface area contributed by atoms with Gasteiger partial charge in [-0.2, -0.15) is 4.31 Å². The Kier molecular flexibility index (Phi) is 5.55. The highest BCUT2D eigenvalue weighted by molar-refractivity contribution is 7.89. The number of nitrogens with zero attached hydrogens (tertiary/aromatic N) is 1. The number of anilines is 1. The van der Waals surface area contributed by atoms with E-state index in [0.717, 1.165) is 12.8 Å². The molecule has 1 aromatic carbocycles. The zero-order valence-electron chi connectivity index (χ0n) is 12.9. The molecule has 1 atom stereocenters. The summed E-state index contributed by atoms with van der Waals surface area (Å²) in [5.41, 5.74) is 0.577. The smallest absolute Gasteiger partial charge is 0.243 e. The van der Waals surface area contributed by atoms with Gasteiger partial charge in [0.2, 0.25) is 15.9 Å². The fourth-order valence-corrected chi connectivity index (χ4v) is 3.96. The average Bonchev–Trinajstić information content (AvgIpc) is 2.97. The van der Waals surface area contributed by atoms with Crippen molar-refractivity contribution in [2.75, 3.05) is 25.0 Å². The molecule has 0 unspecified atom stereocenters. The predicted molar refractivity (Wildman–Crippen MR) is 84.2 cm³/mol. The number of likely N-dealkylation sites (N-methyl/N-ethyl adjacent to an activating group) is 1. The maximum absolute atomic E-state index is 12.7. The zero-order chi connectivity index (χ0) is 16.2. The number of rotatable bonds is 6. The molecule has 0 saturated carbocycles. The van der Waals surface area contributed by atoms with Crippen LogP contribution in [0.5, 0.6) is 0 Å². The predicted octanol–water partition coefficient (Wildman–Crippen LogP) is 1.83. The Hall–Kier alpha value is -1.44. The minimum atomic E-state index is -3.54. The lowest BCUT2D eigenvalue weighted by Crippen LogP contribution is -2.37. The van der Waals surface area contributed by atoms with Crippen molar-refractivity contribution in [1.82, 2.24) is 4.31 Å². The lowest BCUT2D eigenvalue weighted by Gasteiger charge is -2.23. The van der Waals surface area contributed by atoms with Crippen LogP contribution in [-0.4, -0.2) is 44.4 Å². The lowest BCUT2D eigenvalue weighted by molar-refractivity contribution is -0.114. The molecule has 1 N–H and O–H groups in total. The quantitative estimate of drug-likeness (QED) is 0.865. The maximum atomic E-state index is 12.7. The van der Waals surface area contributed by atoms with E-state index < -0.39 is 10.0 Å². The maximum Gasteiger partial charge on any atom is 0.243 e. The van der Waals surface area contributed by atoms with Gasteiger partial charge in [0.15, 0.2) is 0 Å². The Labute approximate surface area is 131 Å². The first-order valence-corrected chi connectivity index (χ1v) is 8.87. The Morgan fingerprint density at radius 3 is 2.55 bits per heavy atom. The van der Waals surface area contributed by atoms with Crippen molar-refractivity contribution in [1.29, 1.82) is 0 Å². The summed E-state index contributed by atoms with van der Waals surface area (Å²) >= 11 is 0. The van der Waals surface area contributed by atoms with Gasteiger partial charge in [0.1, 0.15) is 0 Å². The molecule has 1 aromatic rings. The molecule has 0 bridgehead atoms. The van der Waals surface area contributed by atoms with Gasteiger partial charge in [0, 0.05) is 32.3 Å². The van der Waals surface area contributed by atoms with E-state index in [-0.39, 0.29) is 16.9 Å². The summed E-state index contributed by atoms with van der Waals surface area (Å²) in [6.07, 6.45) is 1.86. The van der Waals surface area contributed by atoms with Gasteiger partial charge in [-0.3, -0.25) is 4.79 Å². The molecule has 1 fully saturated rings. The fourth-order valence-electron chi connectivity index (χ4n) is 2.48. The Bertz CT molecular complexity index is 607. The molecule has 0 radical (unpaired) electrons. The van der Waals surface area contributed by atoms with Gasteiger partial charge in [-0.15, -0.1) is 0 Å². The van der Waals surface area contributed by atoms with Crippen molar-refractivity contribution in [3.63, 3.8) is 0 Å². The van der Waals surface area contributed by atoms with Crippen molar-refractivity contribution in [2.45, 2.75) is 37.7 Å². The number of hydrogen-bond donors (Lipinski definition) is 1. The molecule has 6 nitrogen and oxygen atoms in total. The molecule has 7 heteroatoms. The summed E-state index contributed by atoms with van der Waals surface area (Å²) in [4.78, 5) is 11.2. The SMILES string of the molecule is CCN(C[C@H]1CCCO1)S(=O)(=O)c1ccc(NC(C)=O)cc1. The third kappa shape index (κ3) is 4.06. The van der Waals surface area contributed by atoms with Crippen LogP contribution in [-0.2, 0) is 19.6 Å². The van der Waals surface area contributed by atoms with E-state index in [1.165, 1.54) is 23.4 Å². The first kappa shape index (κ1) is 16.9. The first-order valence-electron chi connectivity index (χ1n) is 7.43. The van der Waals surface area contributed by atoms with Crippen LogP contribution in [0.2, 0.25) is 0 Å². The number of ether oxygens (including phenoxy) is 1. The van der Waals surface area contributed by atoms with Crippen LogP contribution in [0.15, 0.2) is 29.2 Å². The van der Waals surface area contributed by atoms with E-state index in [2.05, 4.69) is 5.32 Å². The van der Waals surface area contributed by atoms with E-state index in [1.807, 2.05) is 6.92 Å². The van der Waals surface area contributed by atoms with Crippen molar-refractivity contribution in [3.8, 4) is 0 Å². The van der Waals surface area contributed by atoms with Crippen LogP contribution in [0.4, 0.5) is 5.69 Å². The van der Waals surface area contributed by atoms with Crippen molar-refractivity contribution < 1.29 is 17.9 Å². The van der Waals surface area contributed by atoms with E-state index in [4.69, 9.17) is 4.74 Å². The van der Waals surface area contributed by atoms with E-state index in [1.54, 1.807) is 12.1 Å². The topological polar surface area (TPSA) is 75.7 Å². The highest BCUT2D eigenvalue weighted by Gasteiger charge is 2.27. The molecule has 22 heavy (non-hydrogen) atoms. The van der Waals surface area contributed by atoms with Crippen molar-refractivity contribution in [2.24, 2.45) is 0 Å². The Balaban J connectivity index is 2.14. The third-order valence-electron chi connectivity index (χ3n) is 3.60. The van der Waals surface area contributed by atoms with Crippen molar-refractivity contribution in [3.05, 3.63) is 24.3 Å². The summed E-state index contributed by atoms with van der Waals surface area (Å²) in [6.45, 7) is 4.71. The first-order chi connectivity index (χ1) is 10.4. The molecule has 2 rings (SSSR count). The summed E-state index contributed by atoms with van der Waals surface area (Å²) in [7, 11) is -3.54. The number of amides is 1. The van der Waals surface area contributed by atoms with Gasteiger partial charge in [0.05, 0.1) is 11.0 Å². The number of sulfonamides is 1. The molecule has 1 saturated heterocycles. The molecule has 0 spiro atoms. The molecule has 122 valence electrons. The number of nitrogens with one attached hydrogen (secondary N) is 1. The average molecular weight is 326 g/mol. The van der Waals surface area contributed by atoms with Gasteiger partial charge in [0.25, 0.3) is 0 Å². The second-order valence-corrected chi connectivity index (χ2v) is 7.23. The summed E-state index contributed by atoms with van der Waals surface area (Å²) in [6, 6.07) is 6.21. The largest absolute Gasteiger partial charge is 0.377 e. The normalized spacial score (nSPS) is 18.6. The van der Waals surface area contributed by atoms with Gasteiger partial charge >= 0.3 is 0 Å². The van der Waals surface area contributed by atoms with Crippen LogP contribution in [0.25, 0.3) is 0 Å². The molecular weight excluding hydrogens is 304 g/mol. The van der Waals surface area contributed by atoms with E-state index >= 15 is 0 Å². The second kappa shape index (κ2) is 7.21. The van der Waals surface area contributed by atoms with Crippen LogP contribution >= 0.6 is 0 Å². The minimum Gasteiger partial charge on any atom is -0.377 e. The van der Waals surface area contributed by atoms with Crippen LogP contribution in [0.3, 0.4) is 0 Å². The highest BCUT2D eigenvalue weighted by Crippen LogP contribution is 2.21. The third-order valence-corrected chi connectivity index (χ3v) is 5.55. The Morgan fingerprint density at radius 1 is 1.36 bits per heavy atom. The zero-order valence-corrected chi connectivity index (χ0v) is 13.7. The molecular formula is C15H22N2O4S. The monoisotopic (exact) mass is 326 g/mol. The fraction of sp³-hybridized carbons (Fsp3) is 0.533. The van der Waals surface area contributed by atoms with Crippen LogP contribution in [0.1, 0.15) is 26.7 Å². The van der Waals surface area contributed by atoms with Gasteiger partial charge in [-0.05, 0) is 37.1 Å². The van der Waals surface area contributed by atoms with Crippen molar-refractivity contribution >= 4 is 21.6 Å². The van der Waals surface area contributed by atoms with Gasteiger partial charge < -0.3 is 10.1 Å². The summed E-state index contributed by atoms with van der Waals surface area (Å²) in [5.74, 6) is -0.191. The molecule has 1 aliphatic heterocycles. The highest BCUT2D eigenvalue weighted by atomic mass is 32.2. The molecule has 0 aromatic heterocycles. The summed E-state index contributed by atoms with van der Waals surface area (Å²) in [5, 5.41) is 2.62. The second-order valence-electron chi connectivity index (χ2n) is 5.30.